The highest BCUT2D eigenvalue weighted by atomic mass is 32.2. The number of hydrogen-bond donors (Lipinski definition) is 0. The number of thioether (sulfide) groups is 1. The lowest BCUT2D eigenvalue weighted by molar-refractivity contribution is -0.384. The maximum absolute atomic E-state index is 13.4. The summed E-state index contributed by atoms with van der Waals surface area (Å²) in [5.41, 5.74) is 0.825. The number of anilines is 1. The molecule has 3 aromatic rings. The molecule has 1 aliphatic rings. The van der Waals surface area contributed by atoms with Crippen molar-refractivity contribution < 1.29 is 23.7 Å². The zero-order valence-electron chi connectivity index (χ0n) is 16.3. The number of para-hydroxylation sites is 2. The molecule has 0 N–H and O–H groups in total. The zero-order chi connectivity index (χ0) is 22.0. The topological polar surface area (TPSA) is 103 Å². The summed E-state index contributed by atoms with van der Waals surface area (Å²) in [6, 6.07) is 15.8. The normalized spacial score (nSPS) is 13.8. The Labute approximate surface area is 181 Å². The van der Waals surface area contributed by atoms with Crippen LogP contribution in [0.3, 0.4) is 0 Å². The molecule has 156 valence electrons. The van der Waals surface area contributed by atoms with Crippen molar-refractivity contribution >= 4 is 40.5 Å². The number of furan rings is 1. The van der Waals surface area contributed by atoms with E-state index in [0.717, 1.165) is 4.90 Å². The molecule has 0 radical (unpaired) electrons. The molecule has 0 aliphatic carbocycles. The van der Waals surface area contributed by atoms with Gasteiger partial charge >= 0.3 is 0 Å². The fraction of sp³-hybridized carbons (Fsp3) is 0.0909. The molecule has 8 nitrogen and oxygen atoms in total. The van der Waals surface area contributed by atoms with E-state index >= 15 is 0 Å². The predicted octanol–water partition coefficient (Wildman–Crippen LogP) is 4.41. The molecule has 0 unspecified atom stereocenters. The molecule has 0 fully saturated rings. The number of rotatable bonds is 7. The molecule has 0 saturated carbocycles. The Morgan fingerprint density at radius 1 is 1.03 bits per heavy atom. The van der Waals surface area contributed by atoms with Crippen molar-refractivity contribution in [1.29, 1.82) is 0 Å². The Bertz CT molecular complexity index is 1180. The molecule has 31 heavy (non-hydrogen) atoms. The van der Waals surface area contributed by atoms with Crippen LogP contribution in [0.1, 0.15) is 11.3 Å². The molecule has 0 spiro atoms. The van der Waals surface area contributed by atoms with Gasteiger partial charge in [-0.2, -0.15) is 0 Å². The number of nitro groups is 1. The van der Waals surface area contributed by atoms with Crippen LogP contribution in [0.2, 0.25) is 0 Å². The molecular weight excluding hydrogens is 420 g/mol. The average molecular weight is 436 g/mol. The van der Waals surface area contributed by atoms with Crippen LogP contribution < -0.4 is 9.64 Å². The van der Waals surface area contributed by atoms with Crippen LogP contribution in [-0.2, 0) is 15.3 Å². The summed E-state index contributed by atoms with van der Waals surface area (Å²) >= 11 is 1.18. The molecule has 9 heteroatoms. The third-order valence-electron chi connectivity index (χ3n) is 4.67. The highest BCUT2D eigenvalue weighted by molar-refractivity contribution is 8.03. The number of nitrogens with zero attached hydrogens (tertiary/aromatic N) is 2. The minimum Gasteiger partial charge on any atom is -0.495 e. The second kappa shape index (κ2) is 8.49. The summed E-state index contributed by atoms with van der Waals surface area (Å²) in [5.74, 6) is 0.364. The fourth-order valence-electron chi connectivity index (χ4n) is 3.22. The van der Waals surface area contributed by atoms with Gasteiger partial charge in [-0.05, 0) is 42.0 Å². The Kier molecular flexibility index (Phi) is 5.59. The molecule has 2 heterocycles. The number of non-ortho nitro benzene ring substituents is 1. The van der Waals surface area contributed by atoms with Gasteiger partial charge in [0.05, 0.1) is 40.2 Å². The molecule has 4 rings (SSSR count). The van der Waals surface area contributed by atoms with E-state index in [1.54, 1.807) is 36.4 Å². The molecule has 0 bridgehead atoms. The molecule has 1 aliphatic heterocycles. The Morgan fingerprint density at radius 2 is 1.77 bits per heavy atom. The summed E-state index contributed by atoms with van der Waals surface area (Å²) < 4.78 is 10.7. The summed E-state index contributed by atoms with van der Waals surface area (Å²) in [6.45, 7) is 0. The second-order valence-corrected chi connectivity index (χ2v) is 7.48. The van der Waals surface area contributed by atoms with E-state index in [1.165, 1.54) is 49.4 Å². The summed E-state index contributed by atoms with van der Waals surface area (Å²) in [4.78, 5) is 38.5. The van der Waals surface area contributed by atoms with Crippen molar-refractivity contribution in [3.05, 3.63) is 93.3 Å². The largest absolute Gasteiger partial charge is 0.495 e. The van der Waals surface area contributed by atoms with Crippen molar-refractivity contribution in [2.45, 2.75) is 5.75 Å². The number of ether oxygens (including phenoxy) is 1. The van der Waals surface area contributed by atoms with Gasteiger partial charge in [0.2, 0.25) is 0 Å². The lowest BCUT2D eigenvalue weighted by atomic mass is 10.1. The first-order valence-corrected chi connectivity index (χ1v) is 10.2. The van der Waals surface area contributed by atoms with Crippen LogP contribution >= 0.6 is 11.8 Å². The van der Waals surface area contributed by atoms with Gasteiger partial charge in [0.25, 0.3) is 17.5 Å². The highest BCUT2D eigenvalue weighted by Gasteiger charge is 2.41. The van der Waals surface area contributed by atoms with E-state index in [2.05, 4.69) is 0 Å². The Hall–Kier alpha value is -3.85. The Balaban J connectivity index is 1.77. The lowest BCUT2D eigenvalue weighted by Gasteiger charge is -2.18. The number of amides is 2. The highest BCUT2D eigenvalue weighted by Crippen LogP contribution is 2.42. The monoisotopic (exact) mass is 436 g/mol. The number of imide groups is 1. The van der Waals surface area contributed by atoms with E-state index < -0.39 is 16.7 Å². The molecule has 2 aromatic carbocycles. The van der Waals surface area contributed by atoms with Gasteiger partial charge in [0.1, 0.15) is 11.5 Å². The predicted molar refractivity (Wildman–Crippen MR) is 116 cm³/mol. The van der Waals surface area contributed by atoms with Crippen molar-refractivity contribution in [2.24, 2.45) is 0 Å². The number of carbonyl (C=O) groups is 2. The summed E-state index contributed by atoms with van der Waals surface area (Å²) in [7, 11) is 1.46. The van der Waals surface area contributed by atoms with E-state index in [4.69, 9.17) is 9.15 Å². The van der Waals surface area contributed by atoms with Gasteiger partial charge in [-0.25, -0.2) is 4.90 Å². The fourth-order valence-corrected chi connectivity index (χ4v) is 4.23. The second-order valence-electron chi connectivity index (χ2n) is 6.49. The van der Waals surface area contributed by atoms with Crippen LogP contribution in [0.25, 0.3) is 5.57 Å². The van der Waals surface area contributed by atoms with Crippen molar-refractivity contribution in [3.8, 4) is 5.75 Å². The number of nitro benzene ring substituents is 1. The maximum Gasteiger partial charge on any atom is 0.272 e. The number of methoxy groups -OCH3 is 1. The number of hydrogen-bond acceptors (Lipinski definition) is 7. The van der Waals surface area contributed by atoms with E-state index in [1.807, 2.05) is 0 Å². The first-order chi connectivity index (χ1) is 15.0. The van der Waals surface area contributed by atoms with Crippen molar-refractivity contribution in [2.75, 3.05) is 12.0 Å². The third kappa shape index (κ3) is 3.82. The quantitative estimate of drug-likeness (QED) is 0.307. The van der Waals surface area contributed by atoms with Gasteiger partial charge < -0.3 is 9.15 Å². The van der Waals surface area contributed by atoms with E-state index in [-0.39, 0.29) is 16.2 Å². The average Bonchev–Trinajstić information content (AvgIpc) is 3.38. The van der Waals surface area contributed by atoms with Gasteiger partial charge in [0.15, 0.2) is 0 Å². The Morgan fingerprint density at radius 3 is 2.42 bits per heavy atom. The smallest absolute Gasteiger partial charge is 0.272 e. The molecule has 2 amide bonds. The van der Waals surface area contributed by atoms with Crippen LogP contribution in [0.4, 0.5) is 11.4 Å². The van der Waals surface area contributed by atoms with Gasteiger partial charge in [-0.15, -0.1) is 11.8 Å². The third-order valence-corrected chi connectivity index (χ3v) is 5.77. The number of carbonyl (C=O) groups excluding carboxylic acids is 2. The zero-order valence-corrected chi connectivity index (χ0v) is 17.1. The minimum absolute atomic E-state index is 0.104. The van der Waals surface area contributed by atoms with Crippen LogP contribution in [0.15, 0.2) is 76.2 Å². The van der Waals surface area contributed by atoms with Crippen LogP contribution in [-0.4, -0.2) is 23.8 Å². The van der Waals surface area contributed by atoms with Crippen molar-refractivity contribution in [1.82, 2.24) is 0 Å². The van der Waals surface area contributed by atoms with E-state index in [0.29, 0.717) is 28.5 Å². The van der Waals surface area contributed by atoms with E-state index in [9.17, 15) is 19.7 Å². The van der Waals surface area contributed by atoms with Gasteiger partial charge in [-0.1, -0.05) is 12.1 Å². The van der Waals surface area contributed by atoms with Crippen molar-refractivity contribution in [3.63, 3.8) is 0 Å². The first kappa shape index (κ1) is 20.4. The molecule has 1 aromatic heterocycles. The minimum atomic E-state index is -0.523. The molecule has 0 atom stereocenters. The maximum atomic E-state index is 13.4. The summed E-state index contributed by atoms with van der Waals surface area (Å²) in [5, 5.41) is 11.0. The standard InChI is InChI=1S/C22H16N2O6S/c1-29-18-7-3-2-6-17(18)23-21(25)19(14-8-10-15(11-9-14)24(27)28)20(22(23)26)31-13-16-5-4-12-30-16/h2-12H,13H2,1H3. The SMILES string of the molecule is COc1ccccc1N1C(=O)C(SCc2ccco2)=C(c2ccc([N+](=O)[O-])cc2)C1=O. The van der Waals surface area contributed by atoms with Gasteiger partial charge in [0, 0.05) is 12.1 Å². The molecule has 0 saturated heterocycles. The van der Waals surface area contributed by atoms with Gasteiger partial charge in [-0.3, -0.25) is 19.7 Å². The molecular formula is C22H16N2O6S. The lowest BCUT2D eigenvalue weighted by Crippen LogP contribution is -2.31. The summed E-state index contributed by atoms with van der Waals surface area (Å²) in [6.07, 6.45) is 1.53. The van der Waals surface area contributed by atoms with Crippen LogP contribution in [0, 0.1) is 10.1 Å². The number of benzene rings is 2. The van der Waals surface area contributed by atoms with Crippen LogP contribution in [0.5, 0.6) is 5.75 Å². The first-order valence-electron chi connectivity index (χ1n) is 9.17.